The molecule has 1 aromatic carbocycles. The number of aromatic nitrogens is 2. The van der Waals surface area contributed by atoms with Crippen LogP contribution >= 0.6 is 0 Å². The van der Waals surface area contributed by atoms with Crippen LogP contribution in [0.2, 0.25) is 0 Å². The van der Waals surface area contributed by atoms with Crippen molar-refractivity contribution in [2.75, 3.05) is 31.1 Å². The van der Waals surface area contributed by atoms with Crippen molar-refractivity contribution in [3.63, 3.8) is 0 Å². The Balaban J connectivity index is 1.47. The maximum atomic E-state index is 13.2. The average molecular weight is 397 g/mol. The van der Waals surface area contributed by atoms with Gasteiger partial charge in [-0.1, -0.05) is 12.1 Å². The van der Waals surface area contributed by atoms with E-state index in [1.807, 2.05) is 30.9 Å². The van der Waals surface area contributed by atoms with Crippen molar-refractivity contribution in [1.82, 2.24) is 14.9 Å². The van der Waals surface area contributed by atoms with E-state index < -0.39 is 0 Å². The molecule has 1 aromatic heterocycles. The number of aryl methyl sites for hydroxylation is 1. The van der Waals surface area contributed by atoms with Crippen LogP contribution in [-0.4, -0.2) is 53.0 Å². The molecular formula is C22H28FN5O. The normalized spacial score (nSPS) is 20.3. The second-order valence-electron chi connectivity index (χ2n) is 8.19. The van der Waals surface area contributed by atoms with Gasteiger partial charge in [-0.05, 0) is 56.7 Å². The van der Waals surface area contributed by atoms with Gasteiger partial charge < -0.3 is 15.5 Å². The molecule has 0 unspecified atom stereocenters. The summed E-state index contributed by atoms with van der Waals surface area (Å²) in [7, 11) is 0. The van der Waals surface area contributed by atoms with Crippen LogP contribution in [-0.2, 0) is 0 Å². The molecule has 2 aliphatic heterocycles. The molecule has 0 aliphatic carbocycles. The van der Waals surface area contributed by atoms with E-state index in [9.17, 15) is 9.18 Å². The largest absolute Gasteiger partial charge is 0.355 e. The third-order valence-electron chi connectivity index (χ3n) is 6.20. The van der Waals surface area contributed by atoms with Gasteiger partial charge in [-0.15, -0.1) is 0 Å². The number of nitrogens with zero attached hydrogens (tertiary/aromatic N) is 4. The lowest BCUT2D eigenvalue weighted by molar-refractivity contribution is 0.0700. The molecule has 0 saturated carbocycles. The Hall–Kier alpha value is -2.54. The monoisotopic (exact) mass is 397 g/mol. The Morgan fingerprint density at radius 1 is 1.07 bits per heavy atom. The Labute approximate surface area is 170 Å². The van der Waals surface area contributed by atoms with Gasteiger partial charge in [0.2, 0.25) is 5.82 Å². The quantitative estimate of drug-likeness (QED) is 0.862. The summed E-state index contributed by atoms with van der Waals surface area (Å²) in [5, 5.41) is 0. The number of benzene rings is 1. The minimum absolute atomic E-state index is 0.115. The lowest BCUT2D eigenvalue weighted by Gasteiger charge is -2.32. The summed E-state index contributed by atoms with van der Waals surface area (Å²) >= 11 is 0. The highest BCUT2D eigenvalue weighted by atomic mass is 19.1. The molecule has 3 heterocycles. The van der Waals surface area contributed by atoms with Crippen LogP contribution in [0.5, 0.6) is 0 Å². The number of anilines is 1. The van der Waals surface area contributed by atoms with Gasteiger partial charge in [0.1, 0.15) is 11.6 Å². The maximum absolute atomic E-state index is 13.2. The van der Waals surface area contributed by atoms with Crippen molar-refractivity contribution in [2.45, 2.75) is 45.1 Å². The smallest absolute Gasteiger partial charge is 0.291 e. The van der Waals surface area contributed by atoms with Crippen molar-refractivity contribution in [1.29, 1.82) is 0 Å². The second kappa shape index (κ2) is 8.06. The second-order valence-corrected chi connectivity index (χ2v) is 8.19. The maximum Gasteiger partial charge on any atom is 0.291 e. The van der Waals surface area contributed by atoms with E-state index >= 15 is 0 Å². The number of amides is 1. The minimum atomic E-state index is -0.219. The van der Waals surface area contributed by atoms with Crippen molar-refractivity contribution in [3.05, 3.63) is 52.7 Å². The zero-order valence-corrected chi connectivity index (χ0v) is 17.1. The van der Waals surface area contributed by atoms with Gasteiger partial charge in [-0.3, -0.25) is 4.79 Å². The van der Waals surface area contributed by atoms with Crippen LogP contribution in [0.3, 0.4) is 0 Å². The number of likely N-dealkylation sites (tertiary alicyclic amines) is 1. The van der Waals surface area contributed by atoms with Gasteiger partial charge in [0.15, 0.2) is 0 Å². The molecule has 4 rings (SSSR count). The first-order chi connectivity index (χ1) is 13.9. The Morgan fingerprint density at radius 3 is 2.38 bits per heavy atom. The number of nitrogens with two attached hydrogens (primary N) is 1. The van der Waals surface area contributed by atoms with Crippen molar-refractivity contribution < 1.29 is 9.18 Å². The highest BCUT2D eigenvalue weighted by Gasteiger charge is 2.29. The molecule has 29 heavy (non-hydrogen) atoms. The van der Waals surface area contributed by atoms with E-state index in [2.05, 4.69) is 14.9 Å². The number of carbonyl (C=O) groups excluding carboxylic acids is 1. The Kier molecular flexibility index (Phi) is 5.50. The molecule has 154 valence electrons. The predicted molar refractivity (Wildman–Crippen MR) is 111 cm³/mol. The number of rotatable bonds is 3. The summed E-state index contributed by atoms with van der Waals surface area (Å²) in [6, 6.07) is 6.84. The zero-order chi connectivity index (χ0) is 20.5. The van der Waals surface area contributed by atoms with E-state index in [0.29, 0.717) is 19.0 Å². The summed E-state index contributed by atoms with van der Waals surface area (Å²) in [6.45, 7) is 6.84. The molecule has 1 atom stereocenters. The fraction of sp³-hybridized carbons (Fsp3) is 0.500. The number of carbonyl (C=O) groups is 1. The third kappa shape index (κ3) is 4.10. The standard InChI is InChI=1S/C22H28FN5O/c1-14-15(2)25-20(26-21(14)28-12-9-19(24)13-28)22(29)27-10-7-17(8-11-27)16-3-5-18(23)6-4-16/h3-6,17,19H,7-13,24H2,1-2H3/t19-/m1/s1. The van der Waals surface area contributed by atoms with Crippen LogP contribution < -0.4 is 10.6 Å². The lowest BCUT2D eigenvalue weighted by atomic mass is 9.89. The predicted octanol–water partition coefficient (Wildman–Crippen LogP) is 2.79. The molecule has 2 saturated heterocycles. The van der Waals surface area contributed by atoms with Gasteiger partial charge in [0.05, 0.1) is 0 Å². The summed E-state index contributed by atoms with van der Waals surface area (Å²) in [5.74, 6) is 1.11. The summed E-state index contributed by atoms with van der Waals surface area (Å²) < 4.78 is 13.2. The molecule has 7 heteroatoms. The van der Waals surface area contributed by atoms with Crippen LogP contribution in [0.1, 0.15) is 52.6 Å². The van der Waals surface area contributed by atoms with Crippen LogP contribution in [0.4, 0.5) is 10.2 Å². The number of piperidine rings is 1. The molecule has 0 bridgehead atoms. The summed E-state index contributed by atoms with van der Waals surface area (Å²) in [6.07, 6.45) is 2.65. The molecule has 2 aliphatic rings. The first-order valence-electron chi connectivity index (χ1n) is 10.3. The van der Waals surface area contributed by atoms with E-state index in [1.54, 1.807) is 0 Å². The van der Waals surface area contributed by atoms with Gasteiger partial charge in [-0.2, -0.15) is 0 Å². The van der Waals surface area contributed by atoms with Gasteiger partial charge >= 0.3 is 0 Å². The van der Waals surface area contributed by atoms with Crippen LogP contribution in [0.15, 0.2) is 24.3 Å². The summed E-state index contributed by atoms with van der Waals surface area (Å²) in [5.41, 5.74) is 9.03. The molecule has 0 spiro atoms. The van der Waals surface area contributed by atoms with E-state index in [4.69, 9.17) is 5.73 Å². The SMILES string of the molecule is Cc1nc(C(=O)N2CCC(c3ccc(F)cc3)CC2)nc(N2CC[C@@H](N)C2)c1C. The van der Waals surface area contributed by atoms with Crippen molar-refractivity contribution >= 4 is 11.7 Å². The third-order valence-corrected chi connectivity index (χ3v) is 6.20. The van der Waals surface area contributed by atoms with Gasteiger partial charge in [-0.25, -0.2) is 14.4 Å². The first-order valence-corrected chi connectivity index (χ1v) is 10.3. The number of hydrogen-bond donors (Lipinski definition) is 1. The fourth-order valence-corrected chi connectivity index (χ4v) is 4.29. The molecule has 2 fully saturated rings. The highest BCUT2D eigenvalue weighted by molar-refractivity contribution is 5.91. The van der Waals surface area contributed by atoms with Crippen LogP contribution in [0.25, 0.3) is 0 Å². The minimum Gasteiger partial charge on any atom is -0.355 e. The fourth-order valence-electron chi connectivity index (χ4n) is 4.29. The molecule has 2 aromatic rings. The van der Waals surface area contributed by atoms with Gasteiger partial charge in [0, 0.05) is 43.5 Å². The molecule has 0 radical (unpaired) electrons. The van der Waals surface area contributed by atoms with E-state index in [1.165, 1.54) is 12.1 Å². The average Bonchev–Trinajstić information content (AvgIpc) is 3.16. The summed E-state index contributed by atoms with van der Waals surface area (Å²) in [4.78, 5) is 26.2. The topological polar surface area (TPSA) is 75.4 Å². The Morgan fingerprint density at radius 2 is 1.76 bits per heavy atom. The van der Waals surface area contributed by atoms with E-state index in [-0.39, 0.29) is 23.6 Å². The molecule has 1 amide bonds. The number of halogens is 1. The Bertz CT molecular complexity index is 893. The van der Waals surface area contributed by atoms with Gasteiger partial charge in [0.25, 0.3) is 5.91 Å². The highest BCUT2D eigenvalue weighted by Crippen LogP contribution is 2.29. The molecule has 6 nitrogen and oxygen atoms in total. The molecule has 2 N–H and O–H groups in total. The first kappa shape index (κ1) is 19.8. The zero-order valence-electron chi connectivity index (χ0n) is 17.1. The lowest BCUT2D eigenvalue weighted by Crippen LogP contribution is -2.39. The number of hydrogen-bond acceptors (Lipinski definition) is 5. The molecular weight excluding hydrogens is 369 g/mol. The van der Waals surface area contributed by atoms with Crippen molar-refractivity contribution in [3.8, 4) is 0 Å². The van der Waals surface area contributed by atoms with Crippen molar-refractivity contribution in [2.24, 2.45) is 5.73 Å². The van der Waals surface area contributed by atoms with E-state index in [0.717, 1.165) is 55.0 Å². The van der Waals surface area contributed by atoms with Crippen LogP contribution in [0, 0.1) is 19.7 Å².